The van der Waals surface area contributed by atoms with Gasteiger partial charge >= 0.3 is 0 Å². The Kier molecular flexibility index (Phi) is 8.04. The molecule has 1 amide bonds. The van der Waals surface area contributed by atoms with Crippen molar-refractivity contribution in [1.29, 1.82) is 0 Å². The van der Waals surface area contributed by atoms with E-state index >= 15 is 0 Å². The second-order valence-corrected chi connectivity index (χ2v) is 11.3. The number of benzene rings is 3. The molecule has 4 aromatic rings. The van der Waals surface area contributed by atoms with Gasteiger partial charge in [-0.15, -0.1) is 0 Å². The molecule has 0 spiro atoms. The van der Waals surface area contributed by atoms with Gasteiger partial charge in [-0.3, -0.25) is 9.10 Å². The number of rotatable bonds is 8. The molecule has 1 heterocycles. The number of nitrogens with zero attached hydrogens (tertiary/aromatic N) is 3. The predicted octanol–water partition coefficient (Wildman–Crippen LogP) is 5.71. The van der Waals surface area contributed by atoms with E-state index < -0.39 is 22.5 Å². The number of carbonyl (C=O) groups is 1. The molecule has 196 valence electrons. The summed E-state index contributed by atoms with van der Waals surface area (Å²) < 4.78 is 30.3. The average molecular weight is 549 g/mol. The lowest BCUT2D eigenvalue weighted by Crippen LogP contribution is -2.40. The molecule has 9 heteroatoms. The summed E-state index contributed by atoms with van der Waals surface area (Å²) in [5, 5.41) is 4.74. The second kappa shape index (κ2) is 11.2. The number of halogens is 1. The number of amides is 1. The summed E-state index contributed by atoms with van der Waals surface area (Å²) in [5.74, 6) is -0.569. The van der Waals surface area contributed by atoms with Crippen LogP contribution >= 0.6 is 11.6 Å². The van der Waals surface area contributed by atoms with Crippen LogP contribution in [-0.4, -0.2) is 31.7 Å². The molecule has 0 aliphatic carbocycles. The number of para-hydroxylation sites is 2. The van der Waals surface area contributed by atoms with E-state index in [0.717, 1.165) is 38.1 Å². The Morgan fingerprint density at radius 2 is 1.63 bits per heavy atom. The maximum atomic E-state index is 13.6. The van der Waals surface area contributed by atoms with Gasteiger partial charge in [0.1, 0.15) is 6.54 Å². The summed E-state index contributed by atoms with van der Waals surface area (Å²) in [5.41, 5.74) is 8.08. The molecule has 0 saturated carbocycles. The van der Waals surface area contributed by atoms with Gasteiger partial charge in [0.05, 0.1) is 27.5 Å². The average Bonchev–Trinajstić information content (AvgIpc) is 3.16. The first kappa shape index (κ1) is 27.2. The van der Waals surface area contributed by atoms with Gasteiger partial charge in [-0.2, -0.15) is 5.10 Å². The van der Waals surface area contributed by atoms with Crippen molar-refractivity contribution < 1.29 is 13.2 Å². The van der Waals surface area contributed by atoms with Gasteiger partial charge < -0.3 is 4.57 Å². The fourth-order valence-corrected chi connectivity index (χ4v) is 5.95. The van der Waals surface area contributed by atoms with Crippen molar-refractivity contribution in [3.8, 4) is 5.69 Å². The SMILES string of the molecule is Cc1ccc(S(=O)(=O)N(CC(=O)N/N=C/c2cc(C)n(-c3ccccc3Cl)c2C)c2ccccc2C)cc1. The fourth-order valence-electron chi connectivity index (χ4n) is 4.24. The Bertz CT molecular complexity index is 1610. The van der Waals surface area contributed by atoms with E-state index in [4.69, 9.17) is 11.6 Å². The Labute approximate surface area is 228 Å². The van der Waals surface area contributed by atoms with Gasteiger partial charge in [-0.1, -0.05) is 59.6 Å². The molecule has 0 aliphatic rings. The molecule has 3 aromatic carbocycles. The van der Waals surface area contributed by atoms with Crippen LogP contribution in [0.2, 0.25) is 5.02 Å². The molecule has 1 N–H and O–H groups in total. The first-order valence-corrected chi connectivity index (χ1v) is 13.8. The highest BCUT2D eigenvalue weighted by Gasteiger charge is 2.28. The van der Waals surface area contributed by atoms with Crippen molar-refractivity contribution in [3.63, 3.8) is 0 Å². The van der Waals surface area contributed by atoms with Gasteiger partial charge in [-0.05, 0) is 69.7 Å². The number of aryl methyl sites for hydroxylation is 3. The third-order valence-electron chi connectivity index (χ3n) is 6.24. The third kappa shape index (κ3) is 5.66. The maximum absolute atomic E-state index is 13.6. The van der Waals surface area contributed by atoms with Crippen molar-refractivity contribution >= 4 is 39.4 Å². The maximum Gasteiger partial charge on any atom is 0.264 e. The lowest BCUT2D eigenvalue weighted by molar-refractivity contribution is -0.119. The van der Waals surface area contributed by atoms with E-state index in [-0.39, 0.29) is 4.90 Å². The van der Waals surface area contributed by atoms with Gasteiger partial charge in [0.15, 0.2) is 0 Å². The van der Waals surface area contributed by atoms with Crippen LogP contribution in [0.3, 0.4) is 0 Å². The molecule has 0 unspecified atom stereocenters. The Hall–Kier alpha value is -3.88. The highest BCUT2D eigenvalue weighted by molar-refractivity contribution is 7.92. The Balaban J connectivity index is 1.57. The topological polar surface area (TPSA) is 83.8 Å². The van der Waals surface area contributed by atoms with Crippen LogP contribution in [0.4, 0.5) is 5.69 Å². The largest absolute Gasteiger partial charge is 0.316 e. The van der Waals surface area contributed by atoms with Crippen LogP contribution in [0, 0.1) is 27.7 Å². The van der Waals surface area contributed by atoms with E-state index in [9.17, 15) is 13.2 Å². The number of aromatic nitrogens is 1. The van der Waals surface area contributed by atoms with E-state index in [1.54, 1.807) is 55.6 Å². The number of anilines is 1. The van der Waals surface area contributed by atoms with Gasteiger partial charge in [0.2, 0.25) is 0 Å². The molecule has 4 rings (SSSR count). The smallest absolute Gasteiger partial charge is 0.264 e. The summed E-state index contributed by atoms with van der Waals surface area (Å²) >= 11 is 6.39. The van der Waals surface area contributed by atoms with E-state index in [1.165, 1.54) is 0 Å². The molecule has 0 fully saturated rings. The Morgan fingerprint density at radius 3 is 2.32 bits per heavy atom. The molecule has 0 radical (unpaired) electrons. The fraction of sp³-hybridized carbons (Fsp3) is 0.172. The highest BCUT2D eigenvalue weighted by atomic mass is 35.5. The zero-order valence-corrected chi connectivity index (χ0v) is 23.2. The molecule has 1 aromatic heterocycles. The number of carbonyl (C=O) groups excluding carboxylic acids is 1. The summed E-state index contributed by atoms with van der Waals surface area (Å²) in [6, 6.07) is 23.1. The van der Waals surface area contributed by atoms with Crippen molar-refractivity contribution in [3.05, 3.63) is 112 Å². The normalized spacial score (nSPS) is 11.6. The first-order chi connectivity index (χ1) is 18.1. The van der Waals surface area contributed by atoms with Crippen molar-refractivity contribution in [2.75, 3.05) is 10.8 Å². The molecule has 7 nitrogen and oxygen atoms in total. The third-order valence-corrected chi connectivity index (χ3v) is 8.33. The van der Waals surface area contributed by atoms with Crippen LogP contribution in [0.5, 0.6) is 0 Å². The second-order valence-electron chi connectivity index (χ2n) is 9.02. The monoisotopic (exact) mass is 548 g/mol. The summed E-state index contributed by atoms with van der Waals surface area (Å²) in [7, 11) is -4.00. The Morgan fingerprint density at radius 1 is 0.974 bits per heavy atom. The predicted molar refractivity (Wildman–Crippen MR) is 153 cm³/mol. The number of hydrogen-bond donors (Lipinski definition) is 1. The van der Waals surface area contributed by atoms with Gasteiger partial charge in [-0.25, -0.2) is 13.8 Å². The van der Waals surface area contributed by atoms with Crippen LogP contribution in [0.15, 0.2) is 88.9 Å². The van der Waals surface area contributed by atoms with Crippen LogP contribution in [0.1, 0.15) is 28.1 Å². The standard InChI is InChI=1S/C29H29ClN4O3S/c1-20-13-15-25(16-14-20)38(36,37)33(27-11-7-5-9-21(27)2)19-29(35)32-31-18-24-17-22(3)34(23(24)4)28-12-8-6-10-26(28)30/h5-18H,19H2,1-4H3,(H,32,35)/b31-18+. The molecule has 0 saturated heterocycles. The lowest BCUT2D eigenvalue weighted by atomic mass is 10.2. The minimum absolute atomic E-state index is 0.106. The van der Waals surface area contributed by atoms with Gasteiger partial charge in [0, 0.05) is 17.0 Å². The number of hydrazone groups is 1. The van der Waals surface area contributed by atoms with Crippen molar-refractivity contribution in [2.24, 2.45) is 5.10 Å². The molecule has 38 heavy (non-hydrogen) atoms. The summed E-state index contributed by atoms with van der Waals surface area (Å²) in [6.45, 7) is 7.15. The van der Waals surface area contributed by atoms with E-state index in [0.29, 0.717) is 10.7 Å². The molecule has 0 aliphatic heterocycles. The zero-order chi connectivity index (χ0) is 27.4. The highest BCUT2D eigenvalue weighted by Crippen LogP contribution is 2.27. The number of hydrogen-bond acceptors (Lipinski definition) is 4. The lowest BCUT2D eigenvalue weighted by Gasteiger charge is -2.25. The minimum atomic E-state index is -4.00. The summed E-state index contributed by atoms with van der Waals surface area (Å²) in [4.78, 5) is 13.0. The summed E-state index contributed by atoms with van der Waals surface area (Å²) in [6.07, 6.45) is 1.54. The molecule has 0 atom stereocenters. The van der Waals surface area contributed by atoms with Gasteiger partial charge in [0.25, 0.3) is 15.9 Å². The van der Waals surface area contributed by atoms with Crippen molar-refractivity contribution in [1.82, 2.24) is 9.99 Å². The van der Waals surface area contributed by atoms with Crippen LogP contribution in [0.25, 0.3) is 5.69 Å². The van der Waals surface area contributed by atoms with Crippen LogP contribution in [-0.2, 0) is 14.8 Å². The minimum Gasteiger partial charge on any atom is -0.316 e. The number of sulfonamides is 1. The number of nitrogens with one attached hydrogen (secondary N) is 1. The zero-order valence-electron chi connectivity index (χ0n) is 21.6. The van der Waals surface area contributed by atoms with Crippen molar-refractivity contribution in [2.45, 2.75) is 32.6 Å². The van der Waals surface area contributed by atoms with Crippen LogP contribution < -0.4 is 9.73 Å². The molecular weight excluding hydrogens is 520 g/mol. The molecule has 0 bridgehead atoms. The van der Waals surface area contributed by atoms with E-state index in [2.05, 4.69) is 10.5 Å². The quantitative estimate of drug-likeness (QED) is 0.226. The van der Waals surface area contributed by atoms with E-state index in [1.807, 2.05) is 61.7 Å². The first-order valence-electron chi connectivity index (χ1n) is 12.0. The molecular formula is C29H29ClN4O3S.